The number of benzene rings is 1. The third kappa shape index (κ3) is 2.89. The van der Waals surface area contributed by atoms with Crippen molar-refractivity contribution >= 4 is 11.8 Å². The van der Waals surface area contributed by atoms with E-state index in [0.717, 1.165) is 12.8 Å². The Morgan fingerprint density at radius 2 is 1.32 bits per heavy atom. The maximum absolute atomic E-state index is 12.4. The molecule has 128 valence electrons. The van der Waals surface area contributed by atoms with Gasteiger partial charge >= 0.3 is 0 Å². The average molecular weight is 338 g/mol. The van der Waals surface area contributed by atoms with Gasteiger partial charge in [0.25, 0.3) is 11.8 Å². The fourth-order valence-corrected chi connectivity index (χ4v) is 3.07. The lowest BCUT2D eigenvalue weighted by molar-refractivity contribution is 0.0877. The summed E-state index contributed by atoms with van der Waals surface area (Å²) < 4.78 is 0. The van der Waals surface area contributed by atoms with Crippen LogP contribution >= 0.6 is 0 Å². The van der Waals surface area contributed by atoms with Crippen LogP contribution in [-0.2, 0) is 0 Å². The second-order valence-electron chi connectivity index (χ2n) is 6.70. The second-order valence-corrected chi connectivity index (χ2v) is 6.70. The Morgan fingerprint density at radius 3 is 1.60 bits per heavy atom. The molecule has 1 aromatic carbocycles. The van der Waals surface area contributed by atoms with E-state index in [1.807, 2.05) is 0 Å². The van der Waals surface area contributed by atoms with Crippen molar-refractivity contribution in [1.82, 2.24) is 10.6 Å². The molecule has 0 aliphatic heterocycles. The van der Waals surface area contributed by atoms with Crippen LogP contribution in [0.4, 0.5) is 0 Å². The van der Waals surface area contributed by atoms with Gasteiger partial charge in [-0.25, -0.2) is 0 Å². The molecular weight excluding hydrogens is 320 g/mol. The van der Waals surface area contributed by atoms with Crippen LogP contribution in [0, 0.1) is 22.7 Å². The largest absolute Gasteiger partial charge is 0.506 e. The van der Waals surface area contributed by atoms with Gasteiger partial charge in [-0.05, 0) is 50.7 Å². The molecular formula is C18H18N4O3. The van der Waals surface area contributed by atoms with E-state index in [0.29, 0.717) is 25.7 Å². The third-order valence-corrected chi connectivity index (χ3v) is 5.07. The van der Waals surface area contributed by atoms with E-state index in [2.05, 4.69) is 22.8 Å². The van der Waals surface area contributed by atoms with E-state index in [1.165, 1.54) is 18.2 Å². The summed E-state index contributed by atoms with van der Waals surface area (Å²) in [6.07, 6.45) is 4.00. The van der Waals surface area contributed by atoms with Gasteiger partial charge in [0.05, 0.1) is 23.3 Å². The van der Waals surface area contributed by atoms with Crippen molar-refractivity contribution in [2.24, 2.45) is 0 Å². The van der Waals surface area contributed by atoms with Gasteiger partial charge in [-0.1, -0.05) is 6.07 Å². The van der Waals surface area contributed by atoms with Gasteiger partial charge in [0.1, 0.15) is 16.8 Å². The Morgan fingerprint density at radius 1 is 0.920 bits per heavy atom. The predicted molar refractivity (Wildman–Crippen MR) is 87.4 cm³/mol. The zero-order valence-corrected chi connectivity index (χ0v) is 13.6. The molecule has 2 aliphatic rings. The fourth-order valence-electron chi connectivity index (χ4n) is 3.07. The number of nitriles is 2. The summed E-state index contributed by atoms with van der Waals surface area (Å²) in [5.41, 5.74) is -1.90. The van der Waals surface area contributed by atoms with E-state index in [4.69, 9.17) is 0 Å². The number of aromatic hydroxyl groups is 1. The second kappa shape index (κ2) is 6.10. The van der Waals surface area contributed by atoms with E-state index in [1.54, 1.807) is 0 Å². The first kappa shape index (κ1) is 16.8. The van der Waals surface area contributed by atoms with Gasteiger partial charge in [0.2, 0.25) is 0 Å². The molecule has 0 spiro atoms. The van der Waals surface area contributed by atoms with Crippen LogP contribution in [0.5, 0.6) is 5.75 Å². The lowest BCUT2D eigenvalue weighted by Gasteiger charge is -2.36. The minimum absolute atomic E-state index is 0.0613. The predicted octanol–water partition coefficient (Wildman–Crippen LogP) is 1.74. The molecule has 0 aromatic heterocycles. The molecule has 3 N–H and O–H groups in total. The van der Waals surface area contributed by atoms with Gasteiger partial charge < -0.3 is 15.7 Å². The topological polar surface area (TPSA) is 126 Å². The fraction of sp³-hybridized carbons (Fsp3) is 0.444. The lowest BCUT2D eigenvalue weighted by atomic mass is 9.77. The van der Waals surface area contributed by atoms with Crippen LogP contribution in [0.15, 0.2) is 18.2 Å². The van der Waals surface area contributed by atoms with Crippen LogP contribution in [-0.4, -0.2) is 28.0 Å². The molecule has 0 bridgehead atoms. The van der Waals surface area contributed by atoms with E-state index >= 15 is 0 Å². The zero-order valence-electron chi connectivity index (χ0n) is 13.6. The van der Waals surface area contributed by atoms with Crippen LogP contribution < -0.4 is 10.6 Å². The van der Waals surface area contributed by atoms with Gasteiger partial charge in [-0.2, -0.15) is 10.5 Å². The highest BCUT2D eigenvalue weighted by molar-refractivity contribution is 6.04. The summed E-state index contributed by atoms with van der Waals surface area (Å²) >= 11 is 0. The van der Waals surface area contributed by atoms with E-state index < -0.39 is 28.6 Å². The first-order valence-corrected chi connectivity index (χ1v) is 8.24. The first-order chi connectivity index (χ1) is 11.9. The highest BCUT2D eigenvalue weighted by atomic mass is 16.3. The number of carbonyl (C=O) groups is 2. The smallest absolute Gasteiger partial charge is 0.256 e. The van der Waals surface area contributed by atoms with Crippen molar-refractivity contribution in [3.8, 4) is 17.9 Å². The Bertz CT molecular complexity index is 746. The lowest BCUT2D eigenvalue weighted by Crippen LogP contribution is -2.52. The molecule has 0 radical (unpaired) electrons. The SMILES string of the molecule is N#CC1(NC(=O)c2cccc(C(=O)NC3(C#N)CCC3)c2O)CCC1. The number of nitrogens with zero attached hydrogens (tertiary/aromatic N) is 2. The quantitative estimate of drug-likeness (QED) is 0.771. The molecule has 2 fully saturated rings. The molecule has 0 saturated heterocycles. The van der Waals surface area contributed by atoms with Crippen molar-refractivity contribution in [1.29, 1.82) is 10.5 Å². The Kier molecular flexibility index (Phi) is 4.10. The van der Waals surface area contributed by atoms with Crippen LogP contribution in [0.1, 0.15) is 59.2 Å². The number of phenols is 1. The minimum atomic E-state index is -0.890. The van der Waals surface area contributed by atoms with Crippen LogP contribution in [0.25, 0.3) is 0 Å². The number of amides is 2. The monoisotopic (exact) mass is 338 g/mol. The Balaban J connectivity index is 1.80. The molecule has 2 aliphatic carbocycles. The summed E-state index contributed by atoms with van der Waals surface area (Å²) in [6.45, 7) is 0. The number of hydrogen-bond donors (Lipinski definition) is 3. The Labute approximate surface area is 145 Å². The third-order valence-electron chi connectivity index (χ3n) is 5.07. The molecule has 2 amide bonds. The van der Waals surface area contributed by atoms with Crippen LogP contribution in [0.2, 0.25) is 0 Å². The highest BCUT2D eigenvalue weighted by Crippen LogP contribution is 2.34. The molecule has 3 rings (SSSR count). The molecule has 1 aromatic rings. The molecule has 2 saturated carbocycles. The van der Waals surface area contributed by atoms with Gasteiger partial charge in [-0.15, -0.1) is 0 Å². The van der Waals surface area contributed by atoms with Gasteiger partial charge in [0.15, 0.2) is 0 Å². The molecule has 25 heavy (non-hydrogen) atoms. The number of para-hydroxylation sites is 1. The average Bonchev–Trinajstić information content (AvgIpc) is 2.54. The maximum Gasteiger partial charge on any atom is 0.256 e. The molecule has 0 atom stereocenters. The summed E-state index contributed by atoms with van der Waals surface area (Å²) in [5.74, 6) is -1.63. The van der Waals surface area contributed by atoms with Crippen molar-refractivity contribution < 1.29 is 14.7 Å². The molecule has 0 heterocycles. The number of hydrogen-bond acceptors (Lipinski definition) is 5. The number of nitrogens with one attached hydrogen (secondary N) is 2. The summed E-state index contributed by atoms with van der Waals surface area (Å²) in [5, 5.41) is 34.1. The van der Waals surface area contributed by atoms with Crippen molar-refractivity contribution in [2.75, 3.05) is 0 Å². The maximum atomic E-state index is 12.4. The van der Waals surface area contributed by atoms with Crippen molar-refractivity contribution in [2.45, 2.75) is 49.6 Å². The number of phenolic OH excluding ortho intramolecular Hbond substituents is 1. The zero-order chi connectivity index (χ0) is 18.1. The summed E-state index contributed by atoms with van der Waals surface area (Å²) in [7, 11) is 0. The molecule has 7 heteroatoms. The van der Waals surface area contributed by atoms with Crippen LogP contribution in [0.3, 0.4) is 0 Å². The van der Waals surface area contributed by atoms with Crippen molar-refractivity contribution in [3.05, 3.63) is 29.3 Å². The van der Waals surface area contributed by atoms with E-state index in [9.17, 15) is 25.2 Å². The summed E-state index contributed by atoms with van der Waals surface area (Å²) in [6, 6.07) is 8.48. The normalized spacial score (nSPS) is 19.3. The van der Waals surface area contributed by atoms with E-state index in [-0.39, 0.29) is 11.1 Å². The molecule has 7 nitrogen and oxygen atoms in total. The van der Waals surface area contributed by atoms with Gasteiger partial charge in [-0.3, -0.25) is 9.59 Å². The van der Waals surface area contributed by atoms with Gasteiger partial charge in [0, 0.05) is 0 Å². The highest BCUT2D eigenvalue weighted by Gasteiger charge is 2.40. The molecule has 0 unspecified atom stereocenters. The Hall–Kier alpha value is -3.06. The number of carbonyl (C=O) groups excluding carboxylic acids is 2. The number of rotatable bonds is 4. The first-order valence-electron chi connectivity index (χ1n) is 8.24. The minimum Gasteiger partial charge on any atom is -0.506 e. The summed E-state index contributed by atoms with van der Waals surface area (Å²) in [4.78, 5) is 24.8. The van der Waals surface area contributed by atoms with Crippen molar-refractivity contribution in [3.63, 3.8) is 0 Å². The standard InChI is InChI=1S/C18H18N4O3/c19-10-17(6-2-7-17)21-15(24)12-4-1-5-13(14(12)23)16(25)22-18(11-20)8-3-9-18/h1,4-5,23H,2-3,6-9H2,(H,21,24)(H,22,25).